The van der Waals surface area contributed by atoms with E-state index in [4.69, 9.17) is 0 Å². The van der Waals surface area contributed by atoms with Gasteiger partial charge in [-0.15, -0.1) is 0 Å². The van der Waals surface area contributed by atoms with Gasteiger partial charge in [0.1, 0.15) is 0 Å². The highest BCUT2D eigenvalue weighted by Crippen LogP contribution is 3.01. The van der Waals surface area contributed by atoms with Crippen LogP contribution >= 0.6 is 26.2 Å². The highest BCUT2D eigenvalue weighted by Gasteiger charge is 2.66. The Morgan fingerprint density at radius 3 is 1.92 bits per heavy atom. The minimum absolute atomic E-state index is 0.207. The Morgan fingerprint density at radius 1 is 1.08 bits per heavy atom. The summed E-state index contributed by atoms with van der Waals surface area (Å²) in [5.41, 5.74) is 0. The van der Waals surface area contributed by atoms with Crippen molar-refractivity contribution in [2.24, 2.45) is 0 Å². The maximum Gasteiger partial charge on any atom is 0.325 e. The SMILES string of the molecule is FS(F)(F)(F)(F)c1ccc(Br)cn1. The quantitative estimate of drug-likeness (QED) is 0.692. The Morgan fingerprint density at radius 2 is 1.62 bits per heavy atom. The van der Waals surface area contributed by atoms with Gasteiger partial charge in [-0.1, -0.05) is 19.4 Å². The fourth-order valence-corrected chi connectivity index (χ4v) is 1.40. The summed E-state index contributed by atoms with van der Waals surface area (Å²) in [5.74, 6) is 0. The molecule has 1 aromatic rings. The third kappa shape index (κ3) is 2.80. The monoisotopic (exact) mass is 283 g/mol. The van der Waals surface area contributed by atoms with Crippen LogP contribution in [0.15, 0.2) is 27.8 Å². The highest BCUT2D eigenvalue weighted by atomic mass is 79.9. The average molecular weight is 284 g/mol. The lowest BCUT2D eigenvalue weighted by Crippen LogP contribution is -2.07. The summed E-state index contributed by atoms with van der Waals surface area (Å²) in [4.78, 5) is 2.62. The number of pyridine rings is 1. The largest absolute Gasteiger partial charge is 0.325 e. The van der Waals surface area contributed by atoms with Crippen molar-refractivity contribution in [2.45, 2.75) is 5.03 Å². The second kappa shape index (κ2) is 2.17. The molecule has 1 heterocycles. The fourth-order valence-electron chi connectivity index (χ4n) is 0.590. The molecule has 0 amide bonds. The number of halogens is 6. The van der Waals surface area contributed by atoms with Crippen LogP contribution in [0.5, 0.6) is 0 Å². The van der Waals surface area contributed by atoms with E-state index in [-0.39, 0.29) is 10.5 Å². The van der Waals surface area contributed by atoms with Gasteiger partial charge in [0.15, 0.2) is 5.03 Å². The van der Waals surface area contributed by atoms with E-state index in [1.165, 1.54) is 0 Å². The molecule has 0 N–H and O–H groups in total. The minimum Gasteiger partial charge on any atom is -0.240 e. The van der Waals surface area contributed by atoms with Crippen LogP contribution in [0.1, 0.15) is 0 Å². The first-order chi connectivity index (χ1) is 5.49. The first kappa shape index (κ1) is 10.7. The number of nitrogens with zero attached hydrogens (tertiary/aromatic N) is 1. The van der Waals surface area contributed by atoms with Crippen molar-refractivity contribution in [3.63, 3.8) is 0 Å². The van der Waals surface area contributed by atoms with Gasteiger partial charge in [0, 0.05) is 10.7 Å². The Balaban J connectivity index is 3.34. The van der Waals surface area contributed by atoms with Crippen LogP contribution in [0.4, 0.5) is 19.4 Å². The molecule has 0 atom stereocenters. The number of rotatable bonds is 1. The fraction of sp³-hybridized carbons (Fsp3) is 0. The molecule has 0 radical (unpaired) electrons. The van der Waals surface area contributed by atoms with Gasteiger partial charge in [-0.2, -0.15) is 0 Å². The normalized spacial score (nSPS) is 17.7. The third-order valence-corrected chi connectivity index (χ3v) is 2.60. The summed E-state index contributed by atoms with van der Waals surface area (Å²) in [6, 6.07) is 1.10. The molecular weight excluding hydrogens is 281 g/mol. The summed E-state index contributed by atoms with van der Waals surface area (Å²) < 4.78 is 60.2. The van der Waals surface area contributed by atoms with Crippen LogP contribution in [-0.4, -0.2) is 4.98 Å². The smallest absolute Gasteiger partial charge is 0.240 e. The Kier molecular flexibility index (Phi) is 1.78. The highest BCUT2D eigenvalue weighted by molar-refractivity contribution is 9.10. The molecule has 0 aliphatic rings. The van der Waals surface area contributed by atoms with Gasteiger partial charge >= 0.3 is 10.2 Å². The summed E-state index contributed by atoms with van der Waals surface area (Å²) in [7, 11) is -9.58. The molecule has 0 saturated heterocycles. The molecule has 0 spiro atoms. The zero-order valence-electron chi connectivity index (χ0n) is 5.86. The van der Waals surface area contributed by atoms with Gasteiger partial charge in [0.25, 0.3) is 0 Å². The zero-order chi connectivity index (χ0) is 10.4. The maximum absolute atomic E-state index is 12.0. The minimum atomic E-state index is -9.58. The van der Waals surface area contributed by atoms with E-state index in [0.29, 0.717) is 6.20 Å². The second-order valence-corrected chi connectivity index (χ2v) is 5.56. The lowest BCUT2D eigenvalue weighted by Gasteiger charge is -2.39. The number of aromatic nitrogens is 1. The molecule has 0 aliphatic carbocycles. The van der Waals surface area contributed by atoms with Crippen LogP contribution < -0.4 is 0 Å². The van der Waals surface area contributed by atoms with Crippen LogP contribution in [0.3, 0.4) is 0 Å². The average Bonchev–Trinajstić information content (AvgIpc) is 1.82. The van der Waals surface area contributed by atoms with E-state index in [1.807, 2.05) is 0 Å². The predicted molar refractivity (Wildman–Crippen MR) is 43.3 cm³/mol. The number of hydrogen-bond acceptors (Lipinski definition) is 1. The van der Waals surface area contributed by atoms with Gasteiger partial charge < -0.3 is 0 Å². The van der Waals surface area contributed by atoms with Crippen LogP contribution in [0.25, 0.3) is 0 Å². The van der Waals surface area contributed by atoms with Crippen molar-refractivity contribution in [2.75, 3.05) is 0 Å². The third-order valence-electron chi connectivity index (χ3n) is 1.10. The van der Waals surface area contributed by atoms with E-state index in [9.17, 15) is 19.4 Å². The molecule has 0 aliphatic heterocycles. The molecule has 0 unspecified atom stereocenters. The zero-order valence-corrected chi connectivity index (χ0v) is 8.26. The van der Waals surface area contributed by atoms with Crippen molar-refractivity contribution >= 4 is 26.2 Å². The first-order valence-electron chi connectivity index (χ1n) is 2.85. The van der Waals surface area contributed by atoms with E-state index in [1.54, 1.807) is 0 Å². The lowest BCUT2D eigenvalue weighted by atomic mass is 10.5. The molecule has 8 heteroatoms. The van der Waals surface area contributed by atoms with Crippen molar-refractivity contribution < 1.29 is 19.4 Å². The summed E-state index contributed by atoms with van der Waals surface area (Å²) in [6.07, 6.45) is 0.674. The topological polar surface area (TPSA) is 12.9 Å². The molecule has 1 aromatic heterocycles. The van der Waals surface area contributed by atoms with Crippen molar-refractivity contribution in [1.82, 2.24) is 4.98 Å². The molecule has 0 aromatic carbocycles. The second-order valence-electron chi connectivity index (χ2n) is 2.28. The molecule has 0 bridgehead atoms. The van der Waals surface area contributed by atoms with Gasteiger partial charge in [-0.3, -0.25) is 0 Å². The molecule has 1 nitrogen and oxygen atoms in total. The molecular formula is C5H3BrF5NS. The summed E-state index contributed by atoms with van der Waals surface area (Å²) in [6.45, 7) is 0. The van der Waals surface area contributed by atoms with Crippen molar-refractivity contribution in [1.29, 1.82) is 0 Å². The molecule has 13 heavy (non-hydrogen) atoms. The van der Waals surface area contributed by atoms with Gasteiger partial charge in [-0.25, -0.2) is 4.98 Å². The lowest BCUT2D eigenvalue weighted by molar-refractivity contribution is 0.358. The van der Waals surface area contributed by atoms with E-state index >= 15 is 0 Å². The molecule has 1 rings (SSSR count). The van der Waals surface area contributed by atoms with Gasteiger partial charge in [0.05, 0.1) is 0 Å². The summed E-state index contributed by atoms with van der Waals surface area (Å²) in [5, 5.41) is -2.12. The standard InChI is InChI=1S/C5H3BrF5NS/c6-4-1-2-5(12-3-4)13(7,8,9,10)11/h1-3H. The van der Waals surface area contributed by atoms with Crippen molar-refractivity contribution in [3.05, 3.63) is 22.8 Å². The van der Waals surface area contributed by atoms with E-state index in [2.05, 4.69) is 20.9 Å². The van der Waals surface area contributed by atoms with Crippen LogP contribution in [0.2, 0.25) is 0 Å². The van der Waals surface area contributed by atoms with E-state index < -0.39 is 15.3 Å². The van der Waals surface area contributed by atoms with Crippen LogP contribution in [-0.2, 0) is 0 Å². The Labute approximate surface area is 78.8 Å². The predicted octanol–water partition coefficient (Wildman–Crippen LogP) is 4.50. The Bertz CT molecular complexity index is 329. The summed E-state index contributed by atoms with van der Waals surface area (Å²) >= 11 is 2.79. The maximum atomic E-state index is 12.0. The van der Waals surface area contributed by atoms with Gasteiger partial charge in [-0.05, 0) is 28.1 Å². The number of hydrogen-bond donors (Lipinski definition) is 0. The molecule has 0 fully saturated rings. The van der Waals surface area contributed by atoms with Crippen LogP contribution in [0, 0.1) is 0 Å². The van der Waals surface area contributed by atoms with E-state index in [0.717, 1.165) is 6.07 Å². The molecule has 76 valence electrons. The molecule has 0 saturated carbocycles. The first-order valence-corrected chi connectivity index (χ1v) is 5.59. The van der Waals surface area contributed by atoms with Crippen molar-refractivity contribution in [3.8, 4) is 0 Å². The van der Waals surface area contributed by atoms with Gasteiger partial charge in [0.2, 0.25) is 0 Å². The Hall–Kier alpha value is -0.370.